The number of amides is 5. The SMILES string of the molecule is O=C(N[C@H](c1ccccc1)C(O)N1CCC[C@H]1c1ncc(-c2ccc(C#Cc3ccc(-c4cnc([C@@H]5CCCN5C(=O)[C@H](NC(=O)N5CC[C@@H](O)C5)c5ccccc5)[nH]4)cc3)cc2)[nH]1)N1CC[C@@H](O)C1. The van der Waals surface area contributed by atoms with E-state index in [4.69, 9.17) is 9.97 Å². The number of aliphatic hydroxyl groups is 3. The van der Waals surface area contributed by atoms with Crippen LogP contribution in [0.25, 0.3) is 22.5 Å². The average Bonchev–Trinajstić information content (AvgIpc) is 4.26. The van der Waals surface area contributed by atoms with Crippen LogP contribution in [0.3, 0.4) is 0 Å². The van der Waals surface area contributed by atoms with E-state index in [0.29, 0.717) is 50.4 Å². The first-order valence-corrected chi connectivity index (χ1v) is 24.3. The topological polar surface area (TPSA) is 206 Å². The van der Waals surface area contributed by atoms with Crippen molar-refractivity contribution < 1.29 is 29.7 Å². The van der Waals surface area contributed by atoms with Crippen molar-refractivity contribution in [2.75, 3.05) is 39.3 Å². The van der Waals surface area contributed by atoms with E-state index in [-0.39, 0.29) is 43.1 Å². The lowest BCUT2D eigenvalue weighted by molar-refractivity contribution is -0.134. The molecule has 360 valence electrons. The molecular weight excluding hydrogens is 885 g/mol. The van der Waals surface area contributed by atoms with Gasteiger partial charge in [0.05, 0.1) is 54.1 Å². The fourth-order valence-corrected chi connectivity index (χ4v) is 10.2. The van der Waals surface area contributed by atoms with Gasteiger partial charge in [-0.2, -0.15) is 0 Å². The molecular formula is C54H58N10O6. The van der Waals surface area contributed by atoms with Crippen molar-refractivity contribution >= 4 is 18.0 Å². The smallest absolute Gasteiger partial charge is 0.318 e. The quantitative estimate of drug-likeness (QED) is 0.0758. The number of benzene rings is 4. The molecule has 16 nitrogen and oxygen atoms in total. The van der Waals surface area contributed by atoms with Gasteiger partial charge in [0, 0.05) is 50.4 Å². The zero-order chi connectivity index (χ0) is 48.1. The summed E-state index contributed by atoms with van der Waals surface area (Å²) in [5, 5.41) is 38.0. The second kappa shape index (κ2) is 20.7. The summed E-state index contributed by atoms with van der Waals surface area (Å²) < 4.78 is 0. The van der Waals surface area contributed by atoms with Crippen LogP contribution in [0.1, 0.15) is 96.6 Å². The number of aromatic amines is 2. The van der Waals surface area contributed by atoms with Gasteiger partial charge in [0.1, 0.15) is 23.9 Å². The van der Waals surface area contributed by atoms with Crippen LogP contribution in [-0.2, 0) is 4.79 Å². The summed E-state index contributed by atoms with van der Waals surface area (Å²) in [5.41, 5.74) is 6.75. The predicted octanol–water partition coefficient (Wildman–Crippen LogP) is 6.02. The molecule has 10 rings (SSSR count). The molecule has 6 aromatic rings. The Morgan fingerprint density at radius 2 is 1.10 bits per heavy atom. The Labute approximate surface area is 406 Å². The van der Waals surface area contributed by atoms with E-state index in [1.165, 1.54) is 0 Å². The van der Waals surface area contributed by atoms with Crippen molar-refractivity contribution in [3.8, 4) is 34.4 Å². The van der Waals surface area contributed by atoms with Crippen LogP contribution in [0.15, 0.2) is 122 Å². The third-order valence-electron chi connectivity index (χ3n) is 14.0. The van der Waals surface area contributed by atoms with E-state index in [1.54, 1.807) is 16.0 Å². The minimum absolute atomic E-state index is 0.182. The number of aromatic nitrogens is 4. The van der Waals surface area contributed by atoms with Gasteiger partial charge >= 0.3 is 12.1 Å². The number of nitrogens with one attached hydrogen (secondary N) is 4. The van der Waals surface area contributed by atoms with Crippen molar-refractivity contribution in [3.05, 3.63) is 155 Å². The molecule has 7 atom stereocenters. The number of rotatable bonds is 11. The third kappa shape index (κ3) is 10.2. The van der Waals surface area contributed by atoms with Gasteiger partial charge in [0.15, 0.2) is 0 Å². The minimum atomic E-state index is -1.01. The molecule has 5 amide bonds. The van der Waals surface area contributed by atoms with E-state index in [0.717, 1.165) is 70.7 Å². The molecule has 0 saturated carbocycles. The molecule has 4 aliphatic rings. The average molecular weight is 943 g/mol. The Balaban J connectivity index is 0.768. The number of β-amino-alcohol motifs (C(OH)–C–C–N with tert-alkyl or cyclic N) is 2. The molecule has 4 fully saturated rings. The molecule has 0 aliphatic carbocycles. The normalized spacial score (nSPS) is 21.6. The van der Waals surface area contributed by atoms with Gasteiger partial charge in [-0.25, -0.2) is 19.6 Å². The highest BCUT2D eigenvalue weighted by atomic mass is 16.3. The number of hydrogen-bond acceptors (Lipinski definition) is 9. The summed E-state index contributed by atoms with van der Waals surface area (Å²) in [4.78, 5) is 64.2. The summed E-state index contributed by atoms with van der Waals surface area (Å²) in [6.45, 7) is 2.60. The van der Waals surface area contributed by atoms with Gasteiger partial charge in [0.25, 0.3) is 0 Å². The number of nitrogens with zero attached hydrogens (tertiary/aromatic N) is 6. The predicted molar refractivity (Wildman–Crippen MR) is 262 cm³/mol. The monoisotopic (exact) mass is 942 g/mol. The van der Waals surface area contributed by atoms with Crippen LogP contribution in [-0.4, -0.2) is 131 Å². The third-order valence-corrected chi connectivity index (χ3v) is 14.0. The lowest BCUT2D eigenvalue weighted by Crippen LogP contribution is -2.49. The molecule has 4 aromatic carbocycles. The van der Waals surface area contributed by atoms with Gasteiger partial charge in [0.2, 0.25) is 5.91 Å². The Hall–Kier alpha value is -7.29. The second-order valence-electron chi connectivity index (χ2n) is 18.7. The molecule has 4 saturated heterocycles. The Morgan fingerprint density at radius 3 is 1.64 bits per heavy atom. The standard InChI is InChI=1S/C54H58N10O6/c65-41-25-29-61(33-41)53(69)59-47(39-9-3-1-4-10-39)51(67)63-27-7-13-45(63)49-55-31-43(57-49)37-21-17-35(18-22-37)15-16-36-19-23-38(24-20-36)44-32-56-50(58-44)46-14-8-28-64(46)52(68)48(40-11-5-2-6-12-40)60-54(70)62-30-26-42(66)34-62/h1-6,9-12,17-24,31-32,41-42,45-48,51,65-67H,7-8,13-14,25-30,33-34H2,(H,55,57)(H,56,58)(H,59,69)(H,60,70)/t41-,42-,45+,46+,47-,48-,51?/m1/s1. The summed E-state index contributed by atoms with van der Waals surface area (Å²) in [7, 11) is 0. The highest BCUT2D eigenvalue weighted by Crippen LogP contribution is 2.37. The van der Waals surface area contributed by atoms with Gasteiger partial charge < -0.3 is 50.6 Å². The first-order valence-electron chi connectivity index (χ1n) is 24.3. The van der Waals surface area contributed by atoms with Crippen LogP contribution in [0.5, 0.6) is 0 Å². The highest BCUT2D eigenvalue weighted by molar-refractivity contribution is 5.89. The summed E-state index contributed by atoms with van der Waals surface area (Å²) in [5.74, 6) is 7.79. The molecule has 6 heterocycles. The van der Waals surface area contributed by atoms with Crippen molar-refractivity contribution in [2.45, 2.75) is 81.1 Å². The first kappa shape index (κ1) is 46.4. The molecule has 1 unspecified atom stereocenters. The Kier molecular flexibility index (Phi) is 13.8. The lowest BCUT2D eigenvalue weighted by Gasteiger charge is -2.35. The number of aliphatic hydroxyl groups excluding tert-OH is 3. The fraction of sp³-hybridized carbons (Fsp3) is 0.352. The van der Waals surface area contributed by atoms with E-state index in [9.17, 15) is 29.7 Å². The van der Waals surface area contributed by atoms with Crippen LogP contribution in [0.2, 0.25) is 0 Å². The number of H-pyrrole nitrogens is 2. The van der Waals surface area contributed by atoms with Gasteiger partial charge in [-0.3, -0.25) is 9.69 Å². The lowest BCUT2D eigenvalue weighted by atomic mass is 10.0. The number of urea groups is 2. The van der Waals surface area contributed by atoms with Gasteiger partial charge in [-0.15, -0.1) is 0 Å². The van der Waals surface area contributed by atoms with E-state index in [2.05, 4.69) is 32.4 Å². The number of carbonyl (C=O) groups excluding carboxylic acids is 3. The molecule has 7 N–H and O–H groups in total. The van der Waals surface area contributed by atoms with Crippen LogP contribution >= 0.6 is 0 Å². The summed E-state index contributed by atoms with van der Waals surface area (Å²) in [6, 6.07) is 32.0. The molecule has 4 aliphatic heterocycles. The van der Waals surface area contributed by atoms with Gasteiger partial charge in [-0.05, 0) is 85.0 Å². The molecule has 70 heavy (non-hydrogen) atoms. The first-order chi connectivity index (χ1) is 34.1. The maximum atomic E-state index is 14.3. The van der Waals surface area contributed by atoms with Crippen LogP contribution < -0.4 is 10.6 Å². The molecule has 16 heteroatoms. The largest absolute Gasteiger partial charge is 0.391 e. The molecule has 2 aromatic heterocycles. The summed E-state index contributed by atoms with van der Waals surface area (Å²) >= 11 is 0. The van der Waals surface area contributed by atoms with E-state index in [1.807, 2.05) is 125 Å². The van der Waals surface area contributed by atoms with E-state index < -0.39 is 30.5 Å². The van der Waals surface area contributed by atoms with Gasteiger partial charge in [-0.1, -0.05) is 96.8 Å². The van der Waals surface area contributed by atoms with E-state index >= 15 is 0 Å². The van der Waals surface area contributed by atoms with Crippen molar-refractivity contribution in [1.82, 2.24) is 50.2 Å². The van der Waals surface area contributed by atoms with Crippen LogP contribution in [0, 0.1) is 11.8 Å². The highest BCUT2D eigenvalue weighted by Gasteiger charge is 2.40. The maximum Gasteiger partial charge on any atom is 0.318 e. The fourth-order valence-electron chi connectivity index (χ4n) is 10.2. The number of hydrogen-bond donors (Lipinski definition) is 7. The minimum Gasteiger partial charge on any atom is -0.391 e. The van der Waals surface area contributed by atoms with Crippen LogP contribution in [0.4, 0.5) is 9.59 Å². The van der Waals surface area contributed by atoms with Crippen molar-refractivity contribution in [2.24, 2.45) is 0 Å². The zero-order valence-electron chi connectivity index (χ0n) is 38.8. The molecule has 0 bridgehead atoms. The number of imidazole rings is 2. The molecule has 0 spiro atoms. The maximum absolute atomic E-state index is 14.3. The zero-order valence-corrected chi connectivity index (χ0v) is 38.8. The van der Waals surface area contributed by atoms with Crippen molar-refractivity contribution in [3.63, 3.8) is 0 Å². The second-order valence-corrected chi connectivity index (χ2v) is 18.7. The molecule has 0 radical (unpaired) electrons. The Morgan fingerprint density at radius 1 is 0.600 bits per heavy atom. The van der Waals surface area contributed by atoms with Crippen molar-refractivity contribution in [1.29, 1.82) is 0 Å². The number of likely N-dealkylation sites (tertiary alicyclic amines) is 4. The Bertz CT molecular complexity index is 2830. The summed E-state index contributed by atoms with van der Waals surface area (Å²) in [6.07, 6.45) is 5.74. The number of carbonyl (C=O) groups is 3.